The Kier molecular flexibility index (Phi) is 6.39. The number of carbonyl (C=O) groups excluding carboxylic acids is 1. The Morgan fingerprint density at radius 2 is 1.82 bits per heavy atom. The maximum atomic E-state index is 12.4. The van der Waals surface area contributed by atoms with E-state index in [0.29, 0.717) is 24.7 Å². The molecule has 2 N–H and O–H groups in total. The van der Waals surface area contributed by atoms with Crippen LogP contribution in [0, 0.1) is 0 Å². The van der Waals surface area contributed by atoms with Gasteiger partial charge in [0.15, 0.2) is 0 Å². The van der Waals surface area contributed by atoms with Crippen LogP contribution in [0.2, 0.25) is 0 Å². The van der Waals surface area contributed by atoms with Crippen LogP contribution in [0.3, 0.4) is 0 Å². The van der Waals surface area contributed by atoms with Crippen molar-refractivity contribution in [1.29, 1.82) is 0 Å². The molecule has 146 valence electrons. The van der Waals surface area contributed by atoms with Crippen LogP contribution >= 0.6 is 0 Å². The summed E-state index contributed by atoms with van der Waals surface area (Å²) in [4.78, 5) is 23.2. The van der Waals surface area contributed by atoms with Crippen molar-refractivity contribution in [3.8, 4) is 11.1 Å². The summed E-state index contributed by atoms with van der Waals surface area (Å²) in [6.07, 6.45) is 5.45. The summed E-state index contributed by atoms with van der Waals surface area (Å²) in [6, 6.07) is 12.0. The number of carbonyl (C=O) groups is 1. The Hall–Kier alpha value is -3.19. The van der Waals surface area contributed by atoms with Crippen molar-refractivity contribution in [3.05, 3.63) is 66.2 Å². The van der Waals surface area contributed by atoms with Gasteiger partial charge in [-0.25, -0.2) is 9.97 Å². The molecule has 1 aromatic carbocycles. The minimum Gasteiger partial charge on any atom is -0.350 e. The Morgan fingerprint density at radius 3 is 2.50 bits per heavy atom. The number of anilines is 1. The number of amides is 1. The molecule has 2 aromatic heterocycles. The van der Waals surface area contributed by atoms with Crippen LogP contribution < -0.4 is 10.6 Å². The second kappa shape index (κ2) is 9.14. The Balaban J connectivity index is 1.63. The lowest BCUT2D eigenvalue weighted by atomic mass is 10.2. The van der Waals surface area contributed by atoms with Crippen LogP contribution in [0.15, 0.2) is 55.0 Å². The molecule has 0 unspecified atom stereocenters. The molecule has 0 saturated carbocycles. The molecular formula is C21H26N6O. The number of nitrogens with zero attached hydrogens (tertiary/aromatic N) is 4. The van der Waals surface area contributed by atoms with Gasteiger partial charge in [-0.2, -0.15) is 0 Å². The summed E-state index contributed by atoms with van der Waals surface area (Å²) in [7, 11) is 5.82. The van der Waals surface area contributed by atoms with Crippen molar-refractivity contribution in [3.63, 3.8) is 0 Å². The van der Waals surface area contributed by atoms with Gasteiger partial charge in [-0.05, 0) is 25.7 Å². The highest BCUT2D eigenvalue weighted by Crippen LogP contribution is 2.21. The maximum Gasteiger partial charge on any atom is 0.267 e. The van der Waals surface area contributed by atoms with Gasteiger partial charge in [0.05, 0.1) is 0 Å². The first kappa shape index (κ1) is 19.6. The van der Waals surface area contributed by atoms with E-state index in [9.17, 15) is 4.79 Å². The minimum absolute atomic E-state index is 0.0855. The predicted molar refractivity (Wildman–Crippen MR) is 111 cm³/mol. The Bertz CT molecular complexity index is 902. The van der Waals surface area contributed by atoms with Crippen LogP contribution in [0.4, 0.5) is 5.95 Å². The summed E-state index contributed by atoms with van der Waals surface area (Å²) >= 11 is 0. The van der Waals surface area contributed by atoms with Crippen LogP contribution in [-0.2, 0) is 13.6 Å². The van der Waals surface area contributed by atoms with Crippen LogP contribution in [0.25, 0.3) is 11.1 Å². The van der Waals surface area contributed by atoms with Gasteiger partial charge in [0, 0.05) is 56.4 Å². The van der Waals surface area contributed by atoms with Gasteiger partial charge in [-0.3, -0.25) is 4.79 Å². The quantitative estimate of drug-likeness (QED) is 0.630. The molecule has 0 bridgehead atoms. The lowest BCUT2D eigenvalue weighted by Gasteiger charge is -2.10. The molecule has 0 aliphatic carbocycles. The fraction of sp³-hybridized carbons (Fsp3) is 0.286. The van der Waals surface area contributed by atoms with Crippen molar-refractivity contribution in [2.75, 3.05) is 32.5 Å². The highest BCUT2D eigenvalue weighted by molar-refractivity contribution is 5.94. The number of hydrogen-bond acceptors (Lipinski definition) is 5. The average molecular weight is 378 g/mol. The average Bonchev–Trinajstić information content (AvgIpc) is 3.09. The predicted octanol–water partition coefficient (Wildman–Crippen LogP) is 2.39. The van der Waals surface area contributed by atoms with Gasteiger partial charge in [0.25, 0.3) is 5.91 Å². The molecule has 0 spiro atoms. The largest absolute Gasteiger partial charge is 0.350 e. The lowest BCUT2D eigenvalue weighted by Crippen LogP contribution is -2.32. The second-order valence-electron chi connectivity index (χ2n) is 6.92. The molecule has 28 heavy (non-hydrogen) atoms. The normalized spacial score (nSPS) is 10.9. The molecule has 7 heteroatoms. The van der Waals surface area contributed by atoms with E-state index in [2.05, 4.69) is 32.7 Å². The van der Waals surface area contributed by atoms with E-state index >= 15 is 0 Å². The lowest BCUT2D eigenvalue weighted by molar-refractivity contribution is 0.0943. The number of aromatic nitrogens is 3. The minimum atomic E-state index is -0.0855. The molecule has 0 saturated heterocycles. The van der Waals surface area contributed by atoms with Gasteiger partial charge in [0.2, 0.25) is 5.95 Å². The van der Waals surface area contributed by atoms with Crippen molar-refractivity contribution in [1.82, 2.24) is 24.8 Å². The van der Waals surface area contributed by atoms with Crippen molar-refractivity contribution in [2.24, 2.45) is 7.05 Å². The fourth-order valence-corrected chi connectivity index (χ4v) is 2.78. The zero-order chi connectivity index (χ0) is 19.9. The summed E-state index contributed by atoms with van der Waals surface area (Å²) in [5.41, 5.74) is 3.56. The molecule has 0 atom stereocenters. The number of nitrogens with one attached hydrogen (secondary N) is 2. The molecule has 0 fully saturated rings. The van der Waals surface area contributed by atoms with E-state index in [-0.39, 0.29) is 5.91 Å². The summed E-state index contributed by atoms with van der Waals surface area (Å²) in [5, 5.41) is 6.15. The molecule has 0 radical (unpaired) electrons. The molecule has 0 aliphatic rings. The van der Waals surface area contributed by atoms with Gasteiger partial charge < -0.3 is 20.1 Å². The van der Waals surface area contributed by atoms with Crippen LogP contribution in [0.1, 0.15) is 16.1 Å². The second-order valence-corrected chi connectivity index (χ2v) is 6.92. The Morgan fingerprint density at radius 1 is 1.11 bits per heavy atom. The van der Waals surface area contributed by atoms with Crippen molar-refractivity contribution >= 4 is 11.9 Å². The van der Waals surface area contributed by atoms with Crippen LogP contribution in [-0.4, -0.2) is 52.5 Å². The third kappa shape index (κ3) is 5.17. The Labute approximate surface area is 165 Å². The van der Waals surface area contributed by atoms with Crippen molar-refractivity contribution in [2.45, 2.75) is 6.54 Å². The zero-order valence-corrected chi connectivity index (χ0v) is 16.5. The van der Waals surface area contributed by atoms with E-state index in [0.717, 1.165) is 17.7 Å². The van der Waals surface area contributed by atoms with E-state index in [4.69, 9.17) is 0 Å². The molecule has 0 aliphatic heterocycles. The smallest absolute Gasteiger partial charge is 0.267 e. The molecule has 3 aromatic rings. The first-order valence-electron chi connectivity index (χ1n) is 9.22. The molecule has 3 rings (SSSR count). The summed E-state index contributed by atoms with van der Waals surface area (Å²) < 4.78 is 1.82. The van der Waals surface area contributed by atoms with E-state index in [1.54, 1.807) is 12.4 Å². The monoisotopic (exact) mass is 378 g/mol. The van der Waals surface area contributed by atoms with Crippen LogP contribution in [0.5, 0.6) is 0 Å². The number of benzene rings is 1. The van der Waals surface area contributed by atoms with Gasteiger partial charge in [-0.1, -0.05) is 30.3 Å². The third-order valence-electron chi connectivity index (χ3n) is 4.36. The van der Waals surface area contributed by atoms with Gasteiger partial charge in [-0.15, -0.1) is 0 Å². The highest BCUT2D eigenvalue weighted by atomic mass is 16.1. The number of aryl methyl sites for hydroxylation is 1. The number of hydrogen-bond donors (Lipinski definition) is 2. The SMILES string of the molecule is CN(C)CCNC(=O)c1cc(-c2cnc(NCc3ccccc3)nc2)cn1C. The summed E-state index contributed by atoms with van der Waals surface area (Å²) in [6.45, 7) is 2.08. The first-order valence-corrected chi connectivity index (χ1v) is 9.22. The molecule has 1 amide bonds. The topological polar surface area (TPSA) is 75.1 Å². The van der Waals surface area contributed by atoms with Crippen molar-refractivity contribution < 1.29 is 4.79 Å². The molecule has 2 heterocycles. The standard InChI is InChI=1S/C21H26N6O/c1-26(2)10-9-22-20(28)19-11-17(15-27(19)3)18-13-24-21(25-14-18)23-12-16-7-5-4-6-8-16/h4-8,11,13-15H,9-10,12H2,1-3H3,(H,22,28)(H,23,24,25). The van der Waals surface area contributed by atoms with Gasteiger partial charge >= 0.3 is 0 Å². The fourth-order valence-electron chi connectivity index (χ4n) is 2.78. The summed E-state index contributed by atoms with van der Waals surface area (Å²) in [5.74, 6) is 0.489. The molecular weight excluding hydrogens is 352 g/mol. The van der Waals surface area contributed by atoms with E-state index in [1.165, 1.54) is 5.56 Å². The number of rotatable bonds is 8. The third-order valence-corrected chi connectivity index (χ3v) is 4.36. The van der Waals surface area contributed by atoms with E-state index < -0.39 is 0 Å². The van der Waals surface area contributed by atoms with E-state index in [1.807, 2.05) is 61.1 Å². The van der Waals surface area contributed by atoms with Gasteiger partial charge in [0.1, 0.15) is 5.69 Å². The first-order chi connectivity index (χ1) is 13.5. The molecule has 7 nitrogen and oxygen atoms in total. The number of likely N-dealkylation sites (N-methyl/N-ethyl adjacent to an activating group) is 1. The zero-order valence-electron chi connectivity index (χ0n) is 16.5. The maximum absolute atomic E-state index is 12.4. The highest BCUT2D eigenvalue weighted by Gasteiger charge is 2.13.